The number of amides is 2. The minimum atomic E-state index is -0.257. The Morgan fingerprint density at radius 2 is 1.84 bits per heavy atom. The van der Waals surface area contributed by atoms with Crippen molar-refractivity contribution in [1.29, 1.82) is 0 Å². The summed E-state index contributed by atoms with van der Waals surface area (Å²) in [7, 11) is 0. The quantitative estimate of drug-likeness (QED) is 0.406. The van der Waals surface area contributed by atoms with Crippen LogP contribution in [0.5, 0.6) is 0 Å². The number of anilines is 2. The molecule has 4 aromatic rings. The summed E-state index contributed by atoms with van der Waals surface area (Å²) in [6.45, 7) is 6.34. The van der Waals surface area contributed by atoms with Crippen molar-refractivity contribution in [3.63, 3.8) is 0 Å². The molecule has 10 nitrogen and oxygen atoms in total. The number of nitrogens with two attached hydrogens (primary N) is 1. The molecule has 0 spiro atoms. The summed E-state index contributed by atoms with van der Waals surface area (Å²) in [4.78, 5) is 40.2. The van der Waals surface area contributed by atoms with Crippen LogP contribution in [0.2, 0.25) is 0 Å². The van der Waals surface area contributed by atoms with Crippen LogP contribution in [0.3, 0.4) is 0 Å². The number of aromatic nitrogens is 5. The molecule has 2 fully saturated rings. The third-order valence-electron chi connectivity index (χ3n) is 7.23. The molecular formula is C27H26N8O2. The van der Waals surface area contributed by atoms with E-state index in [4.69, 9.17) is 10.8 Å². The molecule has 4 heterocycles. The predicted molar refractivity (Wildman–Crippen MR) is 139 cm³/mol. The number of pyridine rings is 1. The highest BCUT2D eigenvalue weighted by molar-refractivity contribution is 6.04. The Balaban J connectivity index is 1.34. The van der Waals surface area contributed by atoms with Crippen LogP contribution in [0.1, 0.15) is 36.2 Å². The molecule has 1 saturated carbocycles. The average Bonchev–Trinajstić information content (AvgIpc) is 3.62. The van der Waals surface area contributed by atoms with Crippen molar-refractivity contribution in [3.8, 4) is 11.3 Å². The molecule has 1 aromatic carbocycles. The van der Waals surface area contributed by atoms with Gasteiger partial charge in [0.25, 0.3) is 5.91 Å². The highest BCUT2D eigenvalue weighted by atomic mass is 16.2. The van der Waals surface area contributed by atoms with Crippen molar-refractivity contribution in [2.45, 2.75) is 31.8 Å². The molecule has 2 amide bonds. The van der Waals surface area contributed by atoms with Gasteiger partial charge in [0.1, 0.15) is 23.7 Å². The maximum Gasteiger partial charge on any atom is 0.256 e. The van der Waals surface area contributed by atoms with E-state index >= 15 is 0 Å². The minimum Gasteiger partial charge on any atom is -0.383 e. The van der Waals surface area contributed by atoms with Gasteiger partial charge in [0, 0.05) is 29.4 Å². The van der Waals surface area contributed by atoms with Gasteiger partial charge in [0.2, 0.25) is 5.91 Å². The number of hydrogen-bond donors (Lipinski definition) is 2. The Labute approximate surface area is 213 Å². The number of piperidine rings is 1. The zero-order chi connectivity index (χ0) is 25.7. The number of carbonyl (C=O) groups excluding carboxylic acids is 2. The van der Waals surface area contributed by atoms with Crippen LogP contribution in [0.15, 0.2) is 67.1 Å². The lowest BCUT2D eigenvalue weighted by atomic mass is 10.0. The van der Waals surface area contributed by atoms with Gasteiger partial charge in [0.05, 0.1) is 17.5 Å². The molecule has 0 unspecified atom stereocenters. The second kappa shape index (κ2) is 8.81. The number of likely N-dealkylation sites (tertiary alicyclic amines) is 1. The van der Waals surface area contributed by atoms with Crippen LogP contribution in [0.25, 0.3) is 22.3 Å². The summed E-state index contributed by atoms with van der Waals surface area (Å²) in [5.41, 5.74) is 9.41. The summed E-state index contributed by atoms with van der Waals surface area (Å²) in [5.74, 6) is 0.963. The lowest BCUT2D eigenvalue weighted by Gasteiger charge is -2.33. The number of benzene rings is 1. The largest absolute Gasteiger partial charge is 0.383 e. The number of rotatable bonds is 5. The lowest BCUT2D eigenvalue weighted by Crippen LogP contribution is -2.43. The number of hydrogen-bond acceptors (Lipinski definition) is 7. The Morgan fingerprint density at radius 3 is 2.54 bits per heavy atom. The Morgan fingerprint density at radius 1 is 1.05 bits per heavy atom. The van der Waals surface area contributed by atoms with Crippen molar-refractivity contribution in [1.82, 2.24) is 29.6 Å². The van der Waals surface area contributed by atoms with Gasteiger partial charge in [-0.05, 0) is 49.9 Å². The van der Waals surface area contributed by atoms with Gasteiger partial charge in [-0.15, -0.1) is 0 Å². The highest BCUT2D eigenvalue weighted by Gasteiger charge is 2.48. The molecule has 37 heavy (non-hydrogen) atoms. The van der Waals surface area contributed by atoms with Crippen LogP contribution in [-0.2, 0) is 4.79 Å². The van der Waals surface area contributed by atoms with Crippen molar-refractivity contribution in [2.75, 3.05) is 17.6 Å². The van der Waals surface area contributed by atoms with Gasteiger partial charge in [-0.3, -0.25) is 9.59 Å². The summed E-state index contributed by atoms with van der Waals surface area (Å²) in [6.07, 6.45) is 4.91. The Hall–Kier alpha value is -4.60. The topological polar surface area (TPSA) is 132 Å². The molecule has 2 bridgehead atoms. The van der Waals surface area contributed by atoms with Gasteiger partial charge in [-0.1, -0.05) is 24.8 Å². The van der Waals surface area contributed by atoms with Gasteiger partial charge in [-0.2, -0.15) is 5.10 Å². The molecule has 10 heteroatoms. The third kappa shape index (κ3) is 3.90. The summed E-state index contributed by atoms with van der Waals surface area (Å²) < 4.78 is 1.91. The fourth-order valence-corrected chi connectivity index (χ4v) is 5.57. The molecule has 1 aliphatic heterocycles. The number of nitrogens with one attached hydrogen (secondary N) is 1. The second-order valence-corrected chi connectivity index (χ2v) is 9.71. The van der Waals surface area contributed by atoms with Gasteiger partial charge in [-0.25, -0.2) is 19.6 Å². The van der Waals surface area contributed by atoms with E-state index in [1.807, 2.05) is 27.8 Å². The summed E-state index contributed by atoms with van der Waals surface area (Å²) >= 11 is 0. The van der Waals surface area contributed by atoms with E-state index in [9.17, 15) is 9.59 Å². The van der Waals surface area contributed by atoms with E-state index < -0.39 is 0 Å². The average molecular weight is 495 g/mol. The zero-order valence-electron chi connectivity index (χ0n) is 20.3. The standard InChI is InChI=1S/C27H26N8O2/c1-15(2)27(37)34-13-16-11-19(34)20(12-16)35-25-22(24(28)30-14-31-25)23(33-35)17-6-8-18(9-7-17)26(36)32-21-5-3-4-10-29-21/h3-10,14,16,19-20H,1,11-13H2,2H3,(H2,28,30,31)(H,29,32,36)/t16-,19-,20+/m1/s1. The third-order valence-corrected chi connectivity index (χ3v) is 7.23. The smallest absolute Gasteiger partial charge is 0.256 e. The van der Waals surface area contributed by atoms with Gasteiger partial charge in [0.15, 0.2) is 5.65 Å². The molecule has 3 atom stereocenters. The monoisotopic (exact) mass is 494 g/mol. The maximum atomic E-state index is 12.8. The van der Waals surface area contributed by atoms with E-state index in [2.05, 4.69) is 26.8 Å². The van der Waals surface area contributed by atoms with E-state index in [-0.39, 0.29) is 23.9 Å². The maximum absolute atomic E-state index is 12.8. The van der Waals surface area contributed by atoms with Crippen molar-refractivity contribution in [3.05, 3.63) is 72.7 Å². The molecule has 2 aliphatic rings. The first kappa shape index (κ1) is 22.8. The van der Waals surface area contributed by atoms with Crippen molar-refractivity contribution in [2.24, 2.45) is 5.92 Å². The van der Waals surface area contributed by atoms with Crippen LogP contribution < -0.4 is 11.1 Å². The molecule has 1 aliphatic carbocycles. The number of fused-ring (bicyclic) bond motifs is 3. The van der Waals surface area contributed by atoms with E-state index in [0.717, 1.165) is 24.9 Å². The van der Waals surface area contributed by atoms with E-state index in [0.29, 0.717) is 45.4 Å². The number of nitrogens with zero attached hydrogens (tertiary/aromatic N) is 6. The summed E-state index contributed by atoms with van der Waals surface area (Å²) in [5, 5.41) is 8.41. The second-order valence-electron chi connectivity index (χ2n) is 9.71. The van der Waals surface area contributed by atoms with Gasteiger partial charge < -0.3 is 16.0 Å². The Bertz CT molecular complexity index is 1530. The molecule has 6 rings (SSSR count). The van der Waals surface area contributed by atoms with Crippen molar-refractivity contribution >= 4 is 34.5 Å². The van der Waals surface area contributed by atoms with Crippen LogP contribution in [-0.4, -0.2) is 54.0 Å². The fourth-order valence-electron chi connectivity index (χ4n) is 5.57. The molecule has 3 aromatic heterocycles. The molecule has 1 saturated heterocycles. The SMILES string of the molecule is C=C(C)C(=O)N1C[C@@H]2C[C@@H]1[C@@H](n1nc(-c3ccc(C(=O)Nc4ccccn4)cc3)c3c(N)ncnc31)C2. The first-order chi connectivity index (χ1) is 17.9. The first-order valence-corrected chi connectivity index (χ1v) is 12.2. The fraction of sp³-hybridized carbons (Fsp3) is 0.259. The van der Waals surface area contributed by atoms with Crippen LogP contribution >= 0.6 is 0 Å². The lowest BCUT2D eigenvalue weighted by molar-refractivity contribution is -0.129. The Kier molecular flexibility index (Phi) is 5.44. The van der Waals surface area contributed by atoms with E-state index in [1.165, 1.54) is 6.33 Å². The van der Waals surface area contributed by atoms with Gasteiger partial charge >= 0.3 is 0 Å². The molecule has 0 radical (unpaired) electrons. The number of carbonyl (C=O) groups is 2. The first-order valence-electron chi connectivity index (χ1n) is 12.2. The number of nitrogen functional groups attached to an aromatic ring is 1. The van der Waals surface area contributed by atoms with E-state index in [1.54, 1.807) is 37.4 Å². The highest BCUT2D eigenvalue weighted by Crippen LogP contribution is 2.46. The molecular weight excluding hydrogens is 468 g/mol. The van der Waals surface area contributed by atoms with Crippen LogP contribution in [0.4, 0.5) is 11.6 Å². The summed E-state index contributed by atoms with van der Waals surface area (Å²) in [6, 6.07) is 12.5. The normalized spacial score (nSPS) is 20.4. The minimum absolute atomic E-state index is 0.0115. The predicted octanol–water partition coefficient (Wildman–Crippen LogP) is 3.46. The van der Waals surface area contributed by atoms with Crippen LogP contribution in [0, 0.1) is 5.92 Å². The zero-order valence-corrected chi connectivity index (χ0v) is 20.3. The molecule has 3 N–H and O–H groups in total. The molecule has 186 valence electrons. The van der Waals surface area contributed by atoms with Crippen molar-refractivity contribution < 1.29 is 9.59 Å².